The highest BCUT2D eigenvalue weighted by molar-refractivity contribution is 8.00. The SMILES string of the molecule is CC(CCO)CNC(=O)/C=C/c1ccc(SC(F)(F)F)cc1. The zero-order valence-corrected chi connectivity index (χ0v) is 12.9. The number of aliphatic hydroxyl groups excluding tert-OH is 1. The summed E-state index contributed by atoms with van der Waals surface area (Å²) in [5, 5.41) is 11.4. The minimum Gasteiger partial charge on any atom is -0.396 e. The molecule has 22 heavy (non-hydrogen) atoms. The van der Waals surface area contributed by atoms with E-state index in [-0.39, 0.29) is 35.1 Å². The van der Waals surface area contributed by atoms with Crippen molar-refractivity contribution in [3.8, 4) is 0 Å². The summed E-state index contributed by atoms with van der Waals surface area (Å²) in [5.41, 5.74) is -3.66. The van der Waals surface area contributed by atoms with Gasteiger partial charge in [-0.1, -0.05) is 19.1 Å². The molecule has 1 amide bonds. The average molecular weight is 333 g/mol. The van der Waals surface area contributed by atoms with Crippen molar-refractivity contribution in [2.24, 2.45) is 5.92 Å². The smallest absolute Gasteiger partial charge is 0.396 e. The molecular weight excluding hydrogens is 315 g/mol. The molecule has 0 aliphatic heterocycles. The lowest BCUT2D eigenvalue weighted by atomic mass is 10.1. The zero-order chi connectivity index (χ0) is 16.6. The summed E-state index contributed by atoms with van der Waals surface area (Å²) in [6, 6.07) is 5.76. The van der Waals surface area contributed by atoms with Crippen LogP contribution in [0, 0.1) is 5.92 Å². The summed E-state index contributed by atoms with van der Waals surface area (Å²) in [5.74, 6) is -0.0976. The van der Waals surface area contributed by atoms with Crippen LogP contribution in [0.4, 0.5) is 13.2 Å². The van der Waals surface area contributed by atoms with Crippen LogP contribution in [-0.4, -0.2) is 29.7 Å². The lowest BCUT2D eigenvalue weighted by molar-refractivity contribution is -0.116. The van der Waals surface area contributed by atoms with Gasteiger partial charge in [0.25, 0.3) is 0 Å². The molecule has 2 N–H and O–H groups in total. The Kier molecular flexibility index (Phi) is 7.47. The summed E-state index contributed by atoms with van der Waals surface area (Å²) in [6.07, 6.45) is 3.48. The van der Waals surface area contributed by atoms with E-state index in [1.54, 1.807) is 0 Å². The summed E-state index contributed by atoms with van der Waals surface area (Å²) in [6.45, 7) is 2.46. The third-order valence-corrected chi connectivity index (χ3v) is 3.53. The second-order valence-electron chi connectivity index (χ2n) is 4.81. The van der Waals surface area contributed by atoms with Crippen LogP contribution in [-0.2, 0) is 4.79 Å². The molecule has 1 aromatic rings. The average Bonchev–Trinajstić information content (AvgIpc) is 2.43. The van der Waals surface area contributed by atoms with Crippen LogP contribution in [0.1, 0.15) is 18.9 Å². The third-order valence-electron chi connectivity index (χ3n) is 2.79. The molecule has 122 valence electrons. The van der Waals surface area contributed by atoms with Crippen molar-refractivity contribution in [2.75, 3.05) is 13.2 Å². The molecule has 0 aliphatic carbocycles. The van der Waals surface area contributed by atoms with Gasteiger partial charge in [-0.15, -0.1) is 0 Å². The monoisotopic (exact) mass is 333 g/mol. The van der Waals surface area contributed by atoms with Crippen molar-refractivity contribution in [3.63, 3.8) is 0 Å². The molecule has 7 heteroatoms. The van der Waals surface area contributed by atoms with Gasteiger partial charge in [0.1, 0.15) is 0 Å². The fraction of sp³-hybridized carbons (Fsp3) is 0.400. The number of rotatable bonds is 7. The molecule has 0 saturated heterocycles. The highest BCUT2D eigenvalue weighted by Gasteiger charge is 2.28. The van der Waals surface area contributed by atoms with Gasteiger partial charge in [-0.05, 0) is 47.9 Å². The summed E-state index contributed by atoms with van der Waals surface area (Å²) in [7, 11) is 0. The molecule has 1 atom stereocenters. The van der Waals surface area contributed by atoms with E-state index >= 15 is 0 Å². The topological polar surface area (TPSA) is 49.3 Å². The molecular formula is C15H18F3NO2S. The molecule has 0 heterocycles. The molecule has 0 fully saturated rings. The number of halogens is 3. The Morgan fingerprint density at radius 2 is 2.00 bits per heavy atom. The lowest BCUT2D eigenvalue weighted by Gasteiger charge is -2.09. The van der Waals surface area contributed by atoms with Crippen molar-refractivity contribution in [2.45, 2.75) is 23.7 Å². The second-order valence-corrected chi connectivity index (χ2v) is 5.95. The van der Waals surface area contributed by atoms with Gasteiger partial charge >= 0.3 is 5.51 Å². The molecule has 0 radical (unpaired) electrons. The molecule has 0 aromatic heterocycles. The fourth-order valence-corrected chi connectivity index (χ4v) is 2.15. The van der Waals surface area contributed by atoms with Crippen LogP contribution in [0.25, 0.3) is 6.08 Å². The minimum absolute atomic E-state index is 0.0785. The number of carbonyl (C=O) groups is 1. The highest BCUT2D eigenvalue weighted by Crippen LogP contribution is 2.36. The van der Waals surface area contributed by atoms with E-state index in [2.05, 4.69) is 5.32 Å². The molecule has 0 bridgehead atoms. The first-order chi connectivity index (χ1) is 10.3. The second kappa shape index (κ2) is 8.85. The van der Waals surface area contributed by atoms with Gasteiger partial charge in [0, 0.05) is 24.1 Å². The number of hydrogen-bond donors (Lipinski definition) is 2. The largest absolute Gasteiger partial charge is 0.446 e. The van der Waals surface area contributed by atoms with Gasteiger partial charge in [-0.2, -0.15) is 13.2 Å². The van der Waals surface area contributed by atoms with Gasteiger partial charge < -0.3 is 10.4 Å². The number of benzene rings is 1. The Morgan fingerprint density at radius 3 is 2.55 bits per heavy atom. The standard InChI is InChI=1S/C15H18F3NO2S/c1-11(8-9-20)10-19-14(21)7-4-12-2-5-13(6-3-12)22-15(16,17)18/h2-7,11,20H,8-10H2,1H3,(H,19,21)/b7-4+. The highest BCUT2D eigenvalue weighted by atomic mass is 32.2. The fourth-order valence-electron chi connectivity index (χ4n) is 1.61. The predicted molar refractivity (Wildman–Crippen MR) is 81.3 cm³/mol. The van der Waals surface area contributed by atoms with Gasteiger partial charge in [-0.25, -0.2) is 0 Å². The van der Waals surface area contributed by atoms with Crippen molar-refractivity contribution < 1.29 is 23.1 Å². The van der Waals surface area contributed by atoms with Crippen molar-refractivity contribution in [1.29, 1.82) is 0 Å². The van der Waals surface area contributed by atoms with Crippen LogP contribution < -0.4 is 5.32 Å². The number of thioether (sulfide) groups is 1. The predicted octanol–water partition coefficient (Wildman–Crippen LogP) is 3.45. The summed E-state index contributed by atoms with van der Waals surface area (Å²) >= 11 is -0.174. The summed E-state index contributed by atoms with van der Waals surface area (Å²) < 4.78 is 36.5. The lowest BCUT2D eigenvalue weighted by Crippen LogP contribution is -2.26. The van der Waals surface area contributed by atoms with Gasteiger partial charge in [-0.3, -0.25) is 4.79 Å². The van der Waals surface area contributed by atoms with Crippen molar-refractivity contribution >= 4 is 23.7 Å². The molecule has 0 aliphatic rings. The van der Waals surface area contributed by atoms with E-state index in [0.717, 1.165) is 0 Å². The summed E-state index contributed by atoms with van der Waals surface area (Å²) in [4.78, 5) is 11.7. The number of alkyl halides is 3. The van der Waals surface area contributed by atoms with Gasteiger partial charge in [0.05, 0.1) is 0 Å². The van der Waals surface area contributed by atoms with Gasteiger partial charge in [0.2, 0.25) is 5.91 Å². The first-order valence-corrected chi connectivity index (χ1v) is 7.54. The third kappa shape index (κ3) is 8.09. The minimum atomic E-state index is -4.30. The van der Waals surface area contributed by atoms with Crippen molar-refractivity contribution in [1.82, 2.24) is 5.32 Å². The van der Waals surface area contributed by atoms with Crippen LogP contribution >= 0.6 is 11.8 Å². The Labute approximate surface area is 131 Å². The van der Waals surface area contributed by atoms with Gasteiger partial charge in [0.15, 0.2) is 0 Å². The molecule has 0 spiro atoms. The Hall–Kier alpha value is -1.47. The van der Waals surface area contributed by atoms with E-state index in [4.69, 9.17) is 5.11 Å². The first-order valence-electron chi connectivity index (χ1n) is 6.72. The molecule has 1 rings (SSSR count). The Morgan fingerprint density at radius 1 is 1.36 bits per heavy atom. The molecule has 0 saturated carbocycles. The first kappa shape index (κ1) is 18.6. The maximum Gasteiger partial charge on any atom is 0.446 e. The maximum atomic E-state index is 12.2. The quantitative estimate of drug-likeness (QED) is 0.593. The number of nitrogens with one attached hydrogen (secondary N) is 1. The van der Waals surface area contributed by atoms with Crippen LogP contribution in [0.3, 0.4) is 0 Å². The number of amides is 1. The number of carbonyl (C=O) groups excluding carboxylic acids is 1. The van der Waals surface area contributed by atoms with Crippen molar-refractivity contribution in [3.05, 3.63) is 35.9 Å². The van der Waals surface area contributed by atoms with E-state index in [0.29, 0.717) is 18.5 Å². The van der Waals surface area contributed by atoms with E-state index in [9.17, 15) is 18.0 Å². The normalized spacial score (nSPS) is 13.3. The van der Waals surface area contributed by atoms with Crippen LogP contribution in [0.15, 0.2) is 35.2 Å². The van der Waals surface area contributed by atoms with E-state index in [1.165, 1.54) is 36.4 Å². The van der Waals surface area contributed by atoms with E-state index < -0.39 is 5.51 Å². The Bertz CT molecular complexity index is 501. The zero-order valence-electron chi connectivity index (χ0n) is 12.1. The molecule has 1 unspecified atom stereocenters. The van der Waals surface area contributed by atoms with E-state index in [1.807, 2.05) is 6.92 Å². The maximum absolute atomic E-state index is 12.2. The molecule has 3 nitrogen and oxygen atoms in total. The number of aliphatic hydroxyl groups is 1. The van der Waals surface area contributed by atoms with Crippen LogP contribution in [0.5, 0.6) is 0 Å². The Balaban J connectivity index is 2.47. The van der Waals surface area contributed by atoms with Crippen LogP contribution in [0.2, 0.25) is 0 Å². The number of hydrogen-bond acceptors (Lipinski definition) is 3. The molecule has 1 aromatic carbocycles.